The van der Waals surface area contributed by atoms with Crippen molar-refractivity contribution in [2.45, 2.75) is 32.7 Å². The van der Waals surface area contributed by atoms with Gasteiger partial charge in [0.05, 0.1) is 17.3 Å². The maximum Gasteiger partial charge on any atom is 0.309 e. The molecule has 1 fully saturated rings. The van der Waals surface area contributed by atoms with E-state index in [0.29, 0.717) is 12.8 Å². The van der Waals surface area contributed by atoms with Crippen molar-refractivity contribution in [2.75, 3.05) is 13.1 Å². The van der Waals surface area contributed by atoms with E-state index in [2.05, 4.69) is 9.88 Å². The zero-order valence-electron chi connectivity index (χ0n) is 11.3. The number of likely N-dealkylation sites (tertiary alicyclic amines) is 1. The third kappa shape index (κ3) is 2.92. The van der Waals surface area contributed by atoms with Gasteiger partial charge in [-0.15, -0.1) is 0 Å². The molecule has 1 aliphatic rings. The van der Waals surface area contributed by atoms with Crippen LogP contribution < -0.4 is 0 Å². The summed E-state index contributed by atoms with van der Waals surface area (Å²) in [6.07, 6.45) is 2.49. The molecule has 1 unspecified atom stereocenters. The summed E-state index contributed by atoms with van der Waals surface area (Å²) in [5.74, 6) is -1.06. The molecule has 2 rings (SSSR count). The molecule has 104 valence electrons. The number of aromatic nitrogens is 1. The minimum absolute atomic E-state index is 0.0824. The lowest BCUT2D eigenvalue weighted by molar-refractivity contribution is -0.151. The summed E-state index contributed by atoms with van der Waals surface area (Å²) in [5, 5.41) is 9.20. The lowest BCUT2D eigenvalue weighted by atomic mass is 9.80. The fraction of sp³-hybridized carbons (Fsp3) is 0.571. The Morgan fingerprint density at radius 2 is 2.11 bits per heavy atom. The standard InChI is InChI=1S/C14H19FN2O2/c1-10(12-4-3-11(15)9-16-12)17-7-5-14(2,6-8-17)13(18)19/h3-4,9-10H,5-8H2,1-2H3,(H,18,19). The monoisotopic (exact) mass is 266 g/mol. The van der Waals surface area contributed by atoms with Crippen LogP contribution in [0.1, 0.15) is 38.4 Å². The van der Waals surface area contributed by atoms with Gasteiger partial charge >= 0.3 is 5.97 Å². The fourth-order valence-electron chi connectivity index (χ4n) is 2.44. The van der Waals surface area contributed by atoms with E-state index < -0.39 is 11.4 Å². The molecule has 0 saturated carbocycles. The smallest absolute Gasteiger partial charge is 0.309 e. The van der Waals surface area contributed by atoms with Crippen LogP contribution in [0.2, 0.25) is 0 Å². The molecule has 0 bridgehead atoms. The van der Waals surface area contributed by atoms with E-state index in [1.165, 1.54) is 12.3 Å². The number of rotatable bonds is 3. The summed E-state index contributed by atoms with van der Waals surface area (Å²) < 4.78 is 12.8. The van der Waals surface area contributed by atoms with Gasteiger partial charge in [-0.1, -0.05) is 0 Å². The van der Waals surface area contributed by atoms with Gasteiger partial charge in [-0.05, 0) is 51.9 Å². The number of piperidine rings is 1. The third-order valence-electron chi connectivity index (χ3n) is 4.14. The largest absolute Gasteiger partial charge is 0.481 e. The molecule has 1 atom stereocenters. The molecule has 0 aromatic carbocycles. The fourth-order valence-corrected chi connectivity index (χ4v) is 2.44. The van der Waals surface area contributed by atoms with Crippen molar-refractivity contribution in [2.24, 2.45) is 5.41 Å². The summed E-state index contributed by atoms with van der Waals surface area (Å²) in [4.78, 5) is 17.5. The van der Waals surface area contributed by atoms with Crippen LogP contribution in [0.25, 0.3) is 0 Å². The maximum absolute atomic E-state index is 12.8. The zero-order valence-corrected chi connectivity index (χ0v) is 11.3. The highest BCUT2D eigenvalue weighted by molar-refractivity contribution is 5.74. The number of carbonyl (C=O) groups is 1. The molecule has 19 heavy (non-hydrogen) atoms. The SMILES string of the molecule is CC(c1ccc(F)cn1)N1CCC(C)(C(=O)O)CC1. The van der Waals surface area contributed by atoms with Crippen LogP contribution in [0.15, 0.2) is 18.3 Å². The lowest BCUT2D eigenvalue weighted by Crippen LogP contribution is -2.43. The highest BCUT2D eigenvalue weighted by Gasteiger charge is 2.38. The molecule has 0 aliphatic carbocycles. The number of hydrogen-bond donors (Lipinski definition) is 1. The molecule has 0 amide bonds. The van der Waals surface area contributed by atoms with Crippen LogP contribution >= 0.6 is 0 Å². The molecule has 0 radical (unpaired) electrons. The average molecular weight is 266 g/mol. The minimum Gasteiger partial charge on any atom is -0.481 e. The number of hydrogen-bond acceptors (Lipinski definition) is 3. The van der Waals surface area contributed by atoms with E-state index in [9.17, 15) is 14.3 Å². The van der Waals surface area contributed by atoms with E-state index in [1.807, 2.05) is 6.92 Å². The van der Waals surface area contributed by atoms with Crippen molar-refractivity contribution in [3.63, 3.8) is 0 Å². The first-order chi connectivity index (χ1) is 8.92. The Hall–Kier alpha value is -1.49. The van der Waals surface area contributed by atoms with E-state index in [1.54, 1.807) is 13.0 Å². The minimum atomic E-state index is -0.722. The van der Waals surface area contributed by atoms with Crippen molar-refractivity contribution in [1.29, 1.82) is 0 Å². The zero-order chi connectivity index (χ0) is 14.0. The second kappa shape index (κ2) is 5.25. The molecular formula is C14H19FN2O2. The second-order valence-electron chi connectivity index (χ2n) is 5.48. The molecule has 4 nitrogen and oxygen atoms in total. The van der Waals surface area contributed by atoms with Gasteiger partial charge < -0.3 is 5.11 Å². The summed E-state index contributed by atoms with van der Waals surface area (Å²) >= 11 is 0. The van der Waals surface area contributed by atoms with Gasteiger partial charge in [0.15, 0.2) is 0 Å². The molecule has 0 spiro atoms. The highest BCUT2D eigenvalue weighted by atomic mass is 19.1. The second-order valence-corrected chi connectivity index (χ2v) is 5.48. The van der Waals surface area contributed by atoms with Crippen LogP contribution in [0, 0.1) is 11.2 Å². The van der Waals surface area contributed by atoms with Crippen molar-refractivity contribution in [3.05, 3.63) is 29.8 Å². The Bertz CT molecular complexity index is 453. The number of nitrogens with zero attached hydrogens (tertiary/aromatic N) is 2. The lowest BCUT2D eigenvalue weighted by Gasteiger charge is -2.39. The molecule has 1 aliphatic heterocycles. The van der Waals surface area contributed by atoms with E-state index in [4.69, 9.17) is 0 Å². The predicted octanol–water partition coefficient (Wildman–Crippen LogP) is 2.47. The molecule has 2 heterocycles. The molecule has 1 aromatic heterocycles. The van der Waals surface area contributed by atoms with Crippen LogP contribution in [0.3, 0.4) is 0 Å². The maximum atomic E-state index is 12.8. The first-order valence-electron chi connectivity index (χ1n) is 6.51. The molecule has 1 saturated heterocycles. The van der Waals surface area contributed by atoms with E-state index >= 15 is 0 Å². The van der Waals surface area contributed by atoms with Crippen LogP contribution in [-0.4, -0.2) is 34.0 Å². The quantitative estimate of drug-likeness (QED) is 0.913. The number of halogens is 1. The Morgan fingerprint density at radius 1 is 1.47 bits per heavy atom. The third-order valence-corrected chi connectivity index (χ3v) is 4.14. The van der Waals surface area contributed by atoms with Crippen LogP contribution in [0.4, 0.5) is 4.39 Å². The Morgan fingerprint density at radius 3 is 2.58 bits per heavy atom. The van der Waals surface area contributed by atoms with Gasteiger partial charge in [0.2, 0.25) is 0 Å². The van der Waals surface area contributed by atoms with Gasteiger partial charge in [0, 0.05) is 6.04 Å². The van der Waals surface area contributed by atoms with E-state index in [0.717, 1.165) is 18.8 Å². The van der Waals surface area contributed by atoms with Crippen molar-refractivity contribution in [3.8, 4) is 0 Å². The van der Waals surface area contributed by atoms with E-state index in [-0.39, 0.29) is 11.9 Å². The summed E-state index contributed by atoms with van der Waals surface area (Å²) in [6.45, 7) is 5.27. The average Bonchev–Trinajstić information content (AvgIpc) is 2.39. The van der Waals surface area contributed by atoms with Crippen molar-refractivity contribution >= 4 is 5.97 Å². The van der Waals surface area contributed by atoms with Gasteiger partial charge in [-0.3, -0.25) is 14.7 Å². The Kier molecular flexibility index (Phi) is 3.85. The highest BCUT2D eigenvalue weighted by Crippen LogP contribution is 2.34. The van der Waals surface area contributed by atoms with Gasteiger partial charge in [-0.2, -0.15) is 0 Å². The number of carboxylic acids is 1. The summed E-state index contributed by atoms with van der Waals surface area (Å²) in [6, 6.07) is 3.17. The molecule has 1 aromatic rings. The summed E-state index contributed by atoms with van der Waals surface area (Å²) in [7, 11) is 0. The number of pyridine rings is 1. The normalized spacial score (nSPS) is 21.0. The van der Waals surface area contributed by atoms with Gasteiger partial charge in [0.1, 0.15) is 5.82 Å². The number of carboxylic acid groups (broad SMARTS) is 1. The predicted molar refractivity (Wildman–Crippen MR) is 69.2 cm³/mol. The van der Waals surface area contributed by atoms with Crippen LogP contribution in [-0.2, 0) is 4.79 Å². The summed E-state index contributed by atoms with van der Waals surface area (Å²) in [5.41, 5.74) is 0.201. The topological polar surface area (TPSA) is 53.4 Å². The molecule has 5 heteroatoms. The van der Waals surface area contributed by atoms with Crippen molar-refractivity contribution in [1.82, 2.24) is 9.88 Å². The van der Waals surface area contributed by atoms with Gasteiger partial charge in [-0.25, -0.2) is 4.39 Å². The Labute approximate surface area is 112 Å². The van der Waals surface area contributed by atoms with Gasteiger partial charge in [0.25, 0.3) is 0 Å². The first kappa shape index (κ1) is 13.9. The first-order valence-corrected chi connectivity index (χ1v) is 6.51. The van der Waals surface area contributed by atoms with Crippen LogP contribution in [0.5, 0.6) is 0 Å². The molecular weight excluding hydrogens is 247 g/mol. The molecule has 1 N–H and O–H groups in total. The Balaban J connectivity index is 2.01. The van der Waals surface area contributed by atoms with Crippen molar-refractivity contribution < 1.29 is 14.3 Å². The number of aliphatic carboxylic acids is 1.